The molecule has 134 valence electrons. The topological polar surface area (TPSA) is 73.1 Å². The van der Waals surface area contributed by atoms with Crippen molar-refractivity contribution in [2.24, 2.45) is 4.99 Å². The molecule has 1 unspecified atom stereocenters. The molecule has 5 heterocycles. The normalized spacial score (nSPS) is 26.1. The first-order valence-electron chi connectivity index (χ1n) is 9.10. The van der Waals surface area contributed by atoms with Crippen LogP contribution in [-0.2, 0) is 6.54 Å². The van der Waals surface area contributed by atoms with Gasteiger partial charge in [-0.1, -0.05) is 6.07 Å². The fraction of sp³-hybridized carbons (Fsp3) is 0.588. The van der Waals surface area contributed by atoms with E-state index in [-0.39, 0.29) is 0 Å². The van der Waals surface area contributed by atoms with Gasteiger partial charge in [-0.2, -0.15) is 0 Å². The van der Waals surface area contributed by atoms with E-state index in [1.165, 1.54) is 26.2 Å². The lowest BCUT2D eigenvalue weighted by Gasteiger charge is -2.47. The predicted octanol–water partition coefficient (Wildman–Crippen LogP) is -0.216. The molecule has 8 nitrogen and oxygen atoms in total. The van der Waals surface area contributed by atoms with Gasteiger partial charge in [0.2, 0.25) is 0 Å². The van der Waals surface area contributed by atoms with Gasteiger partial charge in [-0.3, -0.25) is 14.2 Å². The molecule has 8 heteroatoms. The summed E-state index contributed by atoms with van der Waals surface area (Å²) >= 11 is 0. The summed E-state index contributed by atoms with van der Waals surface area (Å²) in [4.78, 5) is 9.83. The number of hydrogen-bond acceptors (Lipinski definition) is 5. The Bertz CT molecular complexity index is 731. The molecule has 2 aromatic heterocycles. The van der Waals surface area contributed by atoms with Gasteiger partial charge >= 0.3 is 0 Å². The van der Waals surface area contributed by atoms with Gasteiger partial charge < -0.3 is 10.6 Å². The molecule has 2 bridgehead atoms. The van der Waals surface area contributed by atoms with E-state index in [0.29, 0.717) is 12.6 Å². The lowest BCUT2D eigenvalue weighted by molar-refractivity contribution is 0.0154. The smallest absolute Gasteiger partial charge is 0.191 e. The van der Waals surface area contributed by atoms with E-state index in [0.717, 1.165) is 37.1 Å². The molecule has 25 heavy (non-hydrogen) atoms. The van der Waals surface area contributed by atoms with E-state index in [9.17, 15) is 0 Å². The van der Waals surface area contributed by atoms with Crippen LogP contribution in [-0.4, -0.2) is 82.2 Å². The molecule has 3 aliphatic heterocycles. The van der Waals surface area contributed by atoms with Crippen LogP contribution < -0.4 is 10.6 Å². The van der Waals surface area contributed by atoms with Crippen LogP contribution in [0.1, 0.15) is 12.7 Å². The third-order valence-electron chi connectivity index (χ3n) is 5.00. The highest BCUT2D eigenvalue weighted by Gasteiger charge is 2.31. The average molecular weight is 342 g/mol. The minimum absolute atomic E-state index is 0.501. The summed E-state index contributed by atoms with van der Waals surface area (Å²) in [5, 5.41) is 15.2. The Balaban J connectivity index is 1.39. The number of guanidine groups is 1. The zero-order chi connectivity index (χ0) is 17.1. The highest BCUT2D eigenvalue weighted by molar-refractivity contribution is 5.79. The minimum Gasteiger partial charge on any atom is -0.357 e. The fourth-order valence-corrected chi connectivity index (χ4v) is 3.62. The van der Waals surface area contributed by atoms with Crippen LogP contribution in [0.2, 0.25) is 0 Å². The van der Waals surface area contributed by atoms with Crippen LogP contribution in [0, 0.1) is 0 Å². The van der Waals surface area contributed by atoms with Crippen LogP contribution in [0.4, 0.5) is 0 Å². The number of fused-ring (bicyclic) bond motifs is 4. The molecule has 0 amide bonds. The third kappa shape index (κ3) is 3.59. The second-order valence-electron chi connectivity index (χ2n) is 6.61. The van der Waals surface area contributed by atoms with Crippen molar-refractivity contribution in [2.75, 3.05) is 45.8 Å². The zero-order valence-corrected chi connectivity index (χ0v) is 14.7. The molecule has 0 aromatic carbocycles. The molecule has 3 saturated heterocycles. The van der Waals surface area contributed by atoms with Gasteiger partial charge in [0.15, 0.2) is 17.4 Å². The maximum atomic E-state index is 4.69. The van der Waals surface area contributed by atoms with E-state index in [4.69, 9.17) is 4.99 Å². The fourth-order valence-electron chi connectivity index (χ4n) is 3.62. The number of piperazine rings is 3. The quantitative estimate of drug-likeness (QED) is 0.578. The van der Waals surface area contributed by atoms with Crippen molar-refractivity contribution in [1.82, 2.24) is 35.0 Å². The minimum atomic E-state index is 0.501. The molecule has 0 radical (unpaired) electrons. The number of pyridine rings is 1. The highest BCUT2D eigenvalue weighted by Crippen LogP contribution is 2.14. The summed E-state index contributed by atoms with van der Waals surface area (Å²) in [6.07, 6.45) is 1.97. The Morgan fingerprint density at radius 2 is 2.08 bits per heavy atom. The molecule has 5 rings (SSSR count). The molecular formula is C17H26N8. The van der Waals surface area contributed by atoms with Gasteiger partial charge in [0.05, 0.1) is 0 Å². The van der Waals surface area contributed by atoms with Crippen molar-refractivity contribution in [3.05, 3.63) is 30.2 Å². The summed E-state index contributed by atoms with van der Waals surface area (Å²) in [6.45, 7) is 10.3. The lowest BCUT2D eigenvalue weighted by Crippen LogP contribution is -2.63. The highest BCUT2D eigenvalue weighted by atomic mass is 15.4. The number of aromatic nitrogens is 3. The summed E-state index contributed by atoms with van der Waals surface area (Å²) in [5.74, 6) is 1.69. The Morgan fingerprint density at radius 3 is 2.84 bits per heavy atom. The van der Waals surface area contributed by atoms with Crippen molar-refractivity contribution in [1.29, 1.82) is 0 Å². The largest absolute Gasteiger partial charge is 0.357 e. The van der Waals surface area contributed by atoms with E-state index in [1.807, 2.05) is 28.8 Å². The maximum Gasteiger partial charge on any atom is 0.191 e. The maximum absolute atomic E-state index is 4.69. The SMILES string of the molecule is CCNC(=NCc1nnc2ccccn12)NCC1CN2CCN1CC2. The summed E-state index contributed by atoms with van der Waals surface area (Å²) in [6, 6.07) is 6.46. The number of nitrogens with one attached hydrogen (secondary N) is 2. The van der Waals surface area contributed by atoms with Gasteiger partial charge in [-0.15, -0.1) is 10.2 Å². The van der Waals surface area contributed by atoms with Crippen LogP contribution in [0.15, 0.2) is 29.4 Å². The van der Waals surface area contributed by atoms with Gasteiger partial charge in [0.1, 0.15) is 6.54 Å². The molecule has 1 atom stereocenters. The van der Waals surface area contributed by atoms with Crippen LogP contribution in [0.5, 0.6) is 0 Å². The summed E-state index contributed by atoms with van der Waals surface area (Å²) < 4.78 is 1.98. The second kappa shape index (κ2) is 7.37. The van der Waals surface area contributed by atoms with Gasteiger partial charge in [0, 0.05) is 58.1 Å². The van der Waals surface area contributed by atoms with Crippen LogP contribution in [0.25, 0.3) is 5.65 Å². The monoisotopic (exact) mass is 342 g/mol. The Kier molecular flexibility index (Phi) is 4.80. The Hall–Kier alpha value is -2.19. The molecule has 0 spiro atoms. The first-order valence-corrected chi connectivity index (χ1v) is 9.10. The van der Waals surface area contributed by atoms with Gasteiger partial charge in [-0.25, -0.2) is 4.99 Å². The predicted molar refractivity (Wildman–Crippen MR) is 97.6 cm³/mol. The third-order valence-corrected chi connectivity index (χ3v) is 5.00. The number of rotatable bonds is 5. The molecular weight excluding hydrogens is 316 g/mol. The van der Waals surface area contributed by atoms with E-state index >= 15 is 0 Å². The molecule has 3 fully saturated rings. The van der Waals surface area contributed by atoms with Crippen molar-refractivity contribution in [3.63, 3.8) is 0 Å². The molecule has 0 aliphatic carbocycles. The first-order chi connectivity index (χ1) is 12.3. The van der Waals surface area contributed by atoms with Crippen molar-refractivity contribution < 1.29 is 0 Å². The van der Waals surface area contributed by atoms with Crippen LogP contribution >= 0.6 is 0 Å². The number of hydrogen-bond donors (Lipinski definition) is 2. The van der Waals surface area contributed by atoms with Crippen molar-refractivity contribution in [2.45, 2.75) is 19.5 Å². The van der Waals surface area contributed by atoms with Gasteiger partial charge in [-0.05, 0) is 19.1 Å². The molecule has 3 aliphatic rings. The molecule has 2 N–H and O–H groups in total. The van der Waals surface area contributed by atoms with Crippen molar-refractivity contribution >= 4 is 11.6 Å². The van der Waals surface area contributed by atoms with Gasteiger partial charge in [0.25, 0.3) is 0 Å². The summed E-state index contributed by atoms with van der Waals surface area (Å²) in [5.41, 5.74) is 0.853. The molecule has 2 aromatic rings. The second-order valence-corrected chi connectivity index (χ2v) is 6.61. The van der Waals surface area contributed by atoms with E-state index in [1.54, 1.807) is 0 Å². The first kappa shape index (κ1) is 16.3. The average Bonchev–Trinajstić information content (AvgIpc) is 3.08. The van der Waals surface area contributed by atoms with E-state index < -0.39 is 0 Å². The number of aliphatic imine (C=N–C) groups is 1. The number of nitrogens with zero attached hydrogens (tertiary/aromatic N) is 6. The summed E-state index contributed by atoms with van der Waals surface area (Å²) in [7, 11) is 0. The van der Waals surface area contributed by atoms with Crippen molar-refractivity contribution in [3.8, 4) is 0 Å². The van der Waals surface area contributed by atoms with E-state index in [2.05, 4.69) is 37.6 Å². The Labute approximate surface area is 147 Å². The standard InChI is InChI=1S/C17H26N8/c1-2-18-17(19-11-14-13-23-7-9-24(14)10-8-23)20-12-16-22-21-15-5-3-4-6-25(15)16/h3-6,14H,2,7-13H2,1H3,(H2,18,19,20). The molecule has 0 saturated carbocycles. The lowest BCUT2D eigenvalue weighted by atomic mass is 10.1. The zero-order valence-electron chi connectivity index (χ0n) is 14.7. The Morgan fingerprint density at radius 1 is 1.20 bits per heavy atom. The van der Waals surface area contributed by atoms with Crippen LogP contribution in [0.3, 0.4) is 0 Å².